The summed E-state index contributed by atoms with van der Waals surface area (Å²) in [6.45, 7) is 1.42. The number of amides is 1. The molecule has 8 heteroatoms. The van der Waals surface area contributed by atoms with Crippen molar-refractivity contribution in [3.63, 3.8) is 0 Å². The molecule has 0 aliphatic heterocycles. The lowest BCUT2D eigenvalue weighted by Gasteiger charge is -2.08. The number of nitrogens with one attached hydrogen (secondary N) is 1. The zero-order valence-electron chi connectivity index (χ0n) is 15.1. The number of nitrogens with zero attached hydrogens (tertiary/aromatic N) is 1. The molecule has 0 fully saturated rings. The van der Waals surface area contributed by atoms with Gasteiger partial charge in [-0.25, -0.2) is 0 Å². The molecule has 4 nitrogen and oxygen atoms in total. The molecule has 2 aromatic carbocycles. The van der Waals surface area contributed by atoms with E-state index < -0.39 is 17.6 Å². The van der Waals surface area contributed by atoms with E-state index in [9.17, 15) is 18.0 Å². The lowest BCUT2D eigenvalue weighted by Crippen LogP contribution is -2.24. The number of halogens is 4. The molecule has 0 aliphatic rings. The van der Waals surface area contributed by atoms with Crippen LogP contribution in [0.2, 0.25) is 5.02 Å². The van der Waals surface area contributed by atoms with E-state index in [0.717, 1.165) is 6.07 Å². The Hall–Kier alpha value is -3.24. The first-order chi connectivity index (χ1) is 13.8. The number of aromatic nitrogens is 1. The molecule has 0 bridgehead atoms. The van der Waals surface area contributed by atoms with E-state index in [4.69, 9.17) is 16.1 Å². The predicted molar refractivity (Wildman–Crippen MR) is 102 cm³/mol. The van der Waals surface area contributed by atoms with Gasteiger partial charge in [-0.2, -0.15) is 13.2 Å². The highest BCUT2D eigenvalue weighted by molar-refractivity contribution is 6.33. The Bertz CT molecular complexity index is 1110. The van der Waals surface area contributed by atoms with Gasteiger partial charge in [0.2, 0.25) is 0 Å². The first-order valence-corrected chi connectivity index (χ1v) is 8.81. The molecule has 0 unspecified atom stereocenters. The van der Waals surface area contributed by atoms with E-state index in [0.29, 0.717) is 10.6 Å². The molecule has 0 saturated heterocycles. The predicted octanol–water partition coefficient (Wildman–Crippen LogP) is 5.10. The summed E-state index contributed by atoms with van der Waals surface area (Å²) < 4.78 is 44.1. The molecule has 1 N–H and O–H groups in total. The molecule has 148 valence electrons. The number of benzene rings is 2. The van der Waals surface area contributed by atoms with Crippen molar-refractivity contribution >= 4 is 17.5 Å². The molecule has 3 aromatic rings. The van der Waals surface area contributed by atoms with E-state index in [1.807, 2.05) is 0 Å². The van der Waals surface area contributed by atoms with Gasteiger partial charge < -0.3 is 9.84 Å². The third-order valence-electron chi connectivity index (χ3n) is 4.01. The van der Waals surface area contributed by atoms with Gasteiger partial charge in [0.05, 0.1) is 17.1 Å². The Kier molecular flexibility index (Phi) is 5.95. The van der Waals surface area contributed by atoms with Crippen molar-refractivity contribution in [2.45, 2.75) is 13.1 Å². The van der Waals surface area contributed by atoms with Crippen LogP contribution in [0.4, 0.5) is 13.2 Å². The molecule has 0 aliphatic carbocycles. The average Bonchev–Trinajstić information content (AvgIpc) is 3.06. The Balaban J connectivity index is 1.77. The zero-order chi connectivity index (χ0) is 21.0. The molecule has 1 heterocycles. The van der Waals surface area contributed by atoms with Gasteiger partial charge in [-0.05, 0) is 25.1 Å². The van der Waals surface area contributed by atoms with Gasteiger partial charge in [0.25, 0.3) is 5.91 Å². The summed E-state index contributed by atoms with van der Waals surface area (Å²) in [6.07, 6.45) is -4.50. The second-order valence-corrected chi connectivity index (χ2v) is 6.38. The number of alkyl halides is 3. The van der Waals surface area contributed by atoms with E-state index in [1.165, 1.54) is 18.2 Å². The van der Waals surface area contributed by atoms with Crippen LogP contribution in [-0.4, -0.2) is 17.6 Å². The summed E-state index contributed by atoms with van der Waals surface area (Å²) in [6, 6.07) is 11.8. The van der Waals surface area contributed by atoms with Crippen LogP contribution < -0.4 is 5.32 Å². The Morgan fingerprint density at radius 1 is 1.17 bits per heavy atom. The number of aryl methyl sites for hydroxylation is 1. The summed E-state index contributed by atoms with van der Waals surface area (Å²) in [4.78, 5) is 12.6. The van der Waals surface area contributed by atoms with Gasteiger partial charge in [-0.15, -0.1) is 0 Å². The lowest BCUT2D eigenvalue weighted by molar-refractivity contribution is -0.137. The van der Waals surface area contributed by atoms with E-state index in [-0.39, 0.29) is 29.1 Å². The minimum atomic E-state index is -4.50. The van der Waals surface area contributed by atoms with Gasteiger partial charge in [-0.3, -0.25) is 4.79 Å². The van der Waals surface area contributed by atoms with Crippen molar-refractivity contribution in [3.8, 4) is 23.1 Å². The van der Waals surface area contributed by atoms with Crippen LogP contribution in [0.25, 0.3) is 11.3 Å². The van der Waals surface area contributed by atoms with Crippen molar-refractivity contribution in [2.75, 3.05) is 6.54 Å². The van der Waals surface area contributed by atoms with Crippen molar-refractivity contribution in [3.05, 3.63) is 76.0 Å². The molecule has 3 rings (SSSR count). The maximum atomic E-state index is 13.0. The third kappa shape index (κ3) is 4.61. The molecular formula is C21H14ClF3N2O2. The molecule has 29 heavy (non-hydrogen) atoms. The van der Waals surface area contributed by atoms with Crippen LogP contribution in [-0.2, 0) is 6.18 Å². The summed E-state index contributed by atoms with van der Waals surface area (Å²) >= 11 is 6.16. The van der Waals surface area contributed by atoms with Gasteiger partial charge in [0, 0.05) is 11.1 Å². The smallest absolute Gasteiger partial charge is 0.360 e. The summed E-state index contributed by atoms with van der Waals surface area (Å²) in [5.74, 6) is 4.75. The molecule has 0 spiro atoms. The van der Waals surface area contributed by atoms with Crippen LogP contribution in [0.5, 0.6) is 0 Å². The number of carbonyl (C=O) groups is 1. The lowest BCUT2D eigenvalue weighted by atomic mass is 10.1. The Morgan fingerprint density at radius 3 is 2.59 bits per heavy atom. The monoisotopic (exact) mass is 418 g/mol. The van der Waals surface area contributed by atoms with Crippen LogP contribution in [0.3, 0.4) is 0 Å². The van der Waals surface area contributed by atoms with Crippen molar-refractivity contribution in [1.29, 1.82) is 0 Å². The van der Waals surface area contributed by atoms with E-state index in [2.05, 4.69) is 22.3 Å². The molecular weight excluding hydrogens is 405 g/mol. The highest BCUT2D eigenvalue weighted by Gasteiger charge is 2.32. The molecule has 0 radical (unpaired) electrons. The van der Waals surface area contributed by atoms with Crippen molar-refractivity contribution in [2.24, 2.45) is 0 Å². The zero-order valence-corrected chi connectivity index (χ0v) is 15.9. The van der Waals surface area contributed by atoms with Gasteiger partial charge >= 0.3 is 6.18 Å². The maximum Gasteiger partial charge on any atom is 0.417 e. The standard InChI is InChI=1S/C21H14ClF3N2O2/c1-13-18(19(27-29-13)15-9-3-5-11-17(15)22)20(28)26-12-6-8-14-7-2-4-10-16(14)21(23,24)25/h2-5,7,9-11H,12H2,1H3,(H,26,28). The quantitative estimate of drug-likeness (QED) is 0.602. The highest BCUT2D eigenvalue weighted by atomic mass is 35.5. The minimum Gasteiger partial charge on any atom is -0.360 e. The first kappa shape index (κ1) is 20.5. The van der Waals surface area contributed by atoms with Crippen LogP contribution in [0.1, 0.15) is 27.2 Å². The fourth-order valence-corrected chi connectivity index (χ4v) is 2.89. The van der Waals surface area contributed by atoms with Gasteiger partial charge in [0.1, 0.15) is 17.0 Å². The van der Waals surface area contributed by atoms with Crippen LogP contribution in [0.15, 0.2) is 53.1 Å². The average molecular weight is 419 g/mol. The minimum absolute atomic E-state index is 0.155. The topological polar surface area (TPSA) is 55.1 Å². The SMILES string of the molecule is Cc1onc(-c2ccccc2Cl)c1C(=O)NCC#Cc1ccccc1C(F)(F)F. The third-order valence-corrected chi connectivity index (χ3v) is 4.34. The molecule has 1 aromatic heterocycles. The van der Waals surface area contributed by atoms with Crippen LogP contribution >= 0.6 is 11.6 Å². The van der Waals surface area contributed by atoms with Crippen molar-refractivity contribution < 1.29 is 22.5 Å². The highest BCUT2D eigenvalue weighted by Crippen LogP contribution is 2.32. The molecule has 0 atom stereocenters. The summed E-state index contributed by atoms with van der Waals surface area (Å²) in [5, 5.41) is 6.85. The van der Waals surface area contributed by atoms with Gasteiger partial charge in [0.15, 0.2) is 0 Å². The number of hydrogen-bond acceptors (Lipinski definition) is 3. The largest absolute Gasteiger partial charge is 0.417 e. The fourth-order valence-electron chi connectivity index (χ4n) is 2.67. The number of hydrogen-bond donors (Lipinski definition) is 1. The summed E-state index contributed by atoms with van der Waals surface area (Å²) in [5.41, 5.74) is 0.0137. The normalized spacial score (nSPS) is 10.9. The maximum absolute atomic E-state index is 13.0. The van der Waals surface area contributed by atoms with Gasteiger partial charge in [-0.1, -0.05) is 58.9 Å². The Labute approximate surface area is 169 Å². The van der Waals surface area contributed by atoms with Crippen molar-refractivity contribution in [1.82, 2.24) is 10.5 Å². The first-order valence-electron chi connectivity index (χ1n) is 8.43. The summed E-state index contributed by atoms with van der Waals surface area (Å²) in [7, 11) is 0. The number of carbonyl (C=O) groups excluding carboxylic acids is 1. The Morgan fingerprint density at radius 2 is 1.86 bits per heavy atom. The molecule has 1 amide bonds. The van der Waals surface area contributed by atoms with E-state index in [1.54, 1.807) is 31.2 Å². The fraction of sp³-hybridized carbons (Fsp3) is 0.143. The second-order valence-electron chi connectivity index (χ2n) is 5.97. The second kappa shape index (κ2) is 8.41. The molecule has 0 saturated carbocycles. The van der Waals surface area contributed by atoms with E-state index >= 15 is 0 Å². The van der Waals surface area contributed by atoms with Crippen LogP contribution in [0, 0.1) is 18.8 Å². The number of rotatable bonds is 3.